The molecule has 1 saturated heterocycles. The van der Waals surface area contributed by atoms with E-state index in [0.717, 1.165) is 31.7 Å². The molecule has 2 aliphatic rings. The molecule has 1 aromatic rings. The summed E-state index contributed by atoms with van der Waals surface area (Å²) < 4.78 is 13.3. The van der Waals surface area contributed by atoms with Crippen LogP contribution in [0.15, 0.2) is 24.3 Å². The normalized spacial score (nSPS) is 23.6. The molecular weight excluding hydrogens is 251 g/mol. The SMILES string of the molecule is Fc1cccc(CN2CCCNC3(CCCCC3)C2)c1. The van der Waals surface area contributed by atoms with Crippen LogP contribution in [0, 0.1) is 5.82 Å². The molecule has 0 atom stereocenters. The minimum atomic E-state index is -0.122. The lowest BCUT2D eigenvalue weighted by Crippen LogP contribution is -2.52. The van der Waals surface area contributed by atoms with Gasteiger partial charge in [-0.05, 0) is 50.0 Å². The van der Waals surface area contributed by atoms with E-state index in [0.29, 0.717) is 5.54 Å². The molecule has 1 saturated carbocycles. The maximum atomic E-state index is 13.3. The van der Waals surface area contributed by atoms with Crippen molar-refractivity contribution < 1.29 is 4.39 Å². The van der Waals surface area contributed by atoms with Crippen LogP contribution in [0.2, 0.25) is 0 Å². The molecule has 1 heterocycles. The van der Waals surface area contributed by atoms with Gasteiger partial charge in [0.05, 0.1) is 0 Å². The van der Waals surface area contributed by atoms with E-state index in [4.69, 9.17) is 0 Å². The van der Waals surface area contributed by atoms with Crippen molar-refractivity contribution in [3.63, 3.8) is 0 Å². The quantitative estimate of drug-likeness (QED) is 0.891. The Hall–Kier alpha value is -0.930. The van der Waals surface area contributed by atoms with Gasteiger partial charge < -0.3 is 5.32 Å². The lowest BCUT2D eigenvalue weighted by atomic mass is 9.81. The number of nitrogens with one attached hydrogen (secondary N) is 1. The first-order chi connectivity index (χ1) is 9.76. The second kappa shape index (κ2) is 6.23. The molecule has 1 N–H and O–H groups in total. The first-order valence-corrected chi connectivity index (χ1v) is 7.98. The van der Waals surface area contributed by atoms with Gasteiger partial charge in [-0.25, -0.2) is 4.39 Å². The van der Waals surface area contributed by atoms with Gasteiger partial charge in [-0.3, -0.25) is 4.90 Å². The molecule has 0 radical (unpaired) electrons. The first kappa shape index (κ1) is 14.0. The standard InChI is InChI=1S/C17H25FN2/c18-16-7-4-6-15(12-16)13-20-11-5-10-19-17(14-20)8-2-1-3-9-17/h4,6-7,12,19H,1-3,5,8-11,13-14H2. The average Bonchev–Trinajstić information content (AvgIpc) is 2.62. The summed E-state index contributed by atoms with van der Waals surface area (Å²) in [5.41, 5.74) is 1.42. The fourth-order valence-corrected chi connectivity index (χ4v) is 3.81. The van der Waals surface area contributed by atoms with Gasteiger partial charge in [0.2, 0.25) is 0 Å². The van der Waals surface area contributed by atoms with Gasteiger partial charge in [-0.15, -0.1) is 0 Å². The molecule has 1 spiro atoms. The van der Waals surface area contributed by atoms with E-state index in [1.54, 1.807) is 6.07 Å². The van der Waals surface area contributed by atoms with Crippen molar-refractivity contribution in [2.24, 2.45) is 0 Å². The Labute approximate surface area is 121 Å². The van der Waals surface area contributed by atoms with E-state index in [2.05, 4.69) is 10.2 Å². The highest BCUT2D eigenvalue weighted by atomic mass is 19.1. The Morgan fingerprint density at radius 3 is 2.80 bits per heavy atom. The van der Waals surface area contributed by atoms with Gasteiger partial charge in [-0.2, -0.15) is 0 Å². The van der Waals surface area contributed by atoms with E-state index >= 15 is 0 Å². The number of halogens is 1. The van der Waals surface area contributed by atoms with Crippen LogP contribution in [0.3, 0.4) is 0 Å². The molecule has 1 aliphatic heterocycles. The van der Waals surface area contributed by atoms with Crippen LogP contribution in [0.25, 0.3) is 0 Å². The molecule has 2 fully saturated rings. The summed E-state index contributed by atoms with van der Waals surface area (Å²) >= 11 is 0. The predicted octanol–water partition coefficient (Wildman–Crippen LogP) is 3.32. The highest BCUT2D eigenvalue weighted by Gasteiger charge is 2.34. The molecule has 2 nitrogen and oxygen atoms in total. The van der Waals surface area contributed by atoms with E-state index < -0.39 is 0 Å². The van der Waals surface area contributed by atoms with Gasteiger partial charge in [-0.1, -0.05) is 31.4 Å². The molecule has 3 rings (SSSR count). The van der Waals surface area contributed by atoms with E-state index in [9.17, 15) is 4.39 Å². The smallest absolute Gasteiger partial charge is 0.123 e. The zero-order chi connectivity index (χ0) is 13.8. The lowest BCUT2D eigenvalue weighted by Gasteiger charge is -2.40. The Morgan fingerprint density at radius 1 is 1.15 bits per heavy atom. The van der Waals surface area contributed by atoms with Gasteiger partial charge in [0, 0.05) is 18.6 Å². The highest BCUT2D eigenvalue weighted by Crippen LogP contribution is 2.30. The van der Waals surface area contributed by atoms with Crippen LogP contribution in [0.1, 0.15) is 44.1 Å². The van der Waals surface area contributed by atoms with Crippen LogP contribution in [-0.2, 0) is 6.54 Å². The Balaban J connectivity index is 1.68. The third kappa shape index (κ3) is 3.39. The number of benzene rings is 1. The van der Waals surface area contributed by atoms with Crippen LogP contribution >= 0.6 is 0 Å². The van der Waals surface area contributed by atoms with Gasteiger partial charge in [0.1, 0.15) is 5.82 Å². The molecule has 1 aromatic carbocycles. The van der Waals surface area contributed by atoms with E-state index in [-0.39, 0.29) is 5.82 Å². The van der Waals surface area contributed by atoms with Crippen molar-refractivity contribution in [3.8, 4) is 0 Å². The predicted molar refractivity (Wildman–Crippen MR) is 80.1 cm³/mol. The van der Waals surface area contributed by atoms with Crippen molar-refractivity contribution >= 4 is 0 Å². The zero-order valence-electron chi connectivity index (χ0n) is 12.2. The lowest BCUT2D eigenvalue weighted by molar-refractivity contribution is 0.159. The molecule has 3 heteroatoms. The molecule has 0 aromatic heterocycles. The number of nitrogens with zero attached hydrogens (tertiary/aromatic N) is 1. The molecule has 0 amide bonds. The van der Waals surface area contributed by atoms with Gasteiger partial charge >= 0.3 is 0 Å². The van der Waals surface area contributed by atoms with Crippen LogP contribution in [0.4, 0.5) is 4.39 Å². The third-order valence-corrected chi connectivity index (χ3v) is 4.78. The van der Waals surface area contributed by atoms with Crippen molar-refractivity contribution in [3.05, 3.63) is 35.6 Å². The van der Waals surface area contributed by atoms with Gasteiger partial charge in [0.15, 0.2) is 0 Å². The Kier molecular flexibility index (Phi) is 4.37. The van der Waals surface area contributed by atoms with Crippen LogP contribution in [-0.4, -0.2) is 30.1 Å². The number of hydrogen-bond donors (Lipinski definition) is 1. The summed E-state index contributed by atoms with van der Waals surface area (Å²) in [6.45, 7) is 4.23. The summed E-state index contributed by atoms with van der Waals surface area (Å²) in [5.74, 6) is -0.122. The summed E-state index contributed by atoms with van der Waals surface area (Å²) in [4.78, 5) is 2.51. The second-order valence-electron chi connectivity index (χ2n) is 6.46. The molecule has 0 bridgehead atoms. The maximum absolute atomic E-state index is 13.3. The first-order valence-electron chi connectivity index (χ1n) is 7.98. The average molecular weight is 276 g/mol. The summed E-state index contributed by atoms with van der Waals surface area (Å²) in [6.07, 6.45) is 7.87. The van der Waals surface area contributed by atoms with Crippen LogP contribution < -0.4 is 5.32 Å². The Bertz CT molecular complexity index is 440. The zero-order valence-corrected chi connectivity index (χ0v) is 12.2. The Morgan fingerprint density at radius 2 is 2.00 bits per heavy atom. The third-order valence-electron chi connectivity index (χ3n) is 4.78. The minimum absolute atomic E-state index is 0.122. The topological polar surface area (TPSA) is 15.3 Å². The summed E-state index contributed by atoms with van der Waals surface area (Å²) in [5, 5.41) is 3.81. The van der Waals surface area contributed by atoms with Crippen molar-refractivity contribution in [2.45, 2.75) is 50.6 Å². The maximum Gasteiger partial charge on any atom is 0.123 e. The van der Waals surface area contributed by atoms with E-state index in [1.165, 1.54) is 44.6 Å². The fourth-order valence-electron chi connectivity index (χ4n) is 3.81. The highest BCUT2D eigenvalue weighted by molar-refractivity contribution is 5.16. The summed E-state index contributed by atoms with van der Waals surface area (Å²) in [7, 11) is 0. The van der Waals surface area contributed by atoms with Gasteiger partial charge in [0.25, 0.3) is 0 Å². The summed E-state index contributed by atoms with van der Waals surface area (Å²) in [6, 6.07) is 7.05. The molecular formula is C17H25FN2. The molecule has 110 valence electrons. The van der Waals surface area contributed by atoms with Crippen molar-refractivity contribution in [1.82, 2.24) is 10.2 Å². The van der Waals surface area contributed by atoms with Crippen molar-refractivity contribution in [1.29, 1.82) is 0 Å². The molecule has 20 heavy (non-hydrogen) atoms. The number of hydrogen-bond acceptors (Lipinski definition) is 2. The monoisotopic (exact) mass is 276 g/mol. The van der Waals surface area contributed by atoms with E-state index in [1.807, 2.05) is 12.1 Å². The molecule has 1 aliphatic carbocycles. The molecule has 0 unspecified atom stereocenters. The minimum Gasteiger partial charge on any atom is -0.310 e. The van der Waals surface area contributed by atoms with Crippen molar-refractivity contribution in [2.75, 3.05) is 19.6 Å². The second-order valence-corrected chi connectivity index (χ2v) is 6.46. The fraction of sp³-hybridized carbons (Fsp3) is 0.647. The largest absolute Gasteiger partial charge is 0.310 e. The number of rotatable bonds is 2. The van der Waals surface area contributed by atoms with Crippen LogP contribution in [0.5, 0.6) is 0 Å².